The van der Waals surface area contributed by atoms with Crippen LogP contribution in [-0.2, 0) is 4.79 Å². The number of hydrogen-bond donors (Lipinski definition) is 2. The van der Waals surface area contributed by atoms with Crippen molar-refractivity contribution >= 4 is 17.3 Å². The summed E-state index contributed by atoms with van der Waals surface area (Å²) in [4.78, 5) is 11.7. The normalized spacial score (nSPS) is 12.3. The van der Waals surface area contributed by atoms with Crippen LogP contribution in [-0.4, -0.2) is 16.8 Å². The summed E-state index contributed by atoms with van der Waals surface area (Å²) < 4.78 is 0. The Kier molecular flexibility index (Phi) is 4.48. The predicted molar refractivity (Wildman–Crippen MR) is 73.1 cm³/mol. The maximum Gasteiger partial charge on any atom is 0.224 e. The van der Waals surface area contributed by atoms with E-state index in [0.29, 0.717) is 12.1 Å². The standard InChI is InChI=1S/C14H20N2O2/c1-10(16-18)11-5-7-12(8-6-11)15-13(17)9-14(2,3)4/h5-8,18H,9H2,1-4H3,(H,15,17)/b16-10+. The number of anilines is 1. The van der Waals surface area contributed by atoms with Crippen molar-refractivity contribution in [1.29, 1.82) is 0 Å². The number of nitrogens with zero attached hydrogens (tertiary/aromatic N) is 1. The molecule has 0 atom stereocenters. The number of amides is 1. The zero-order valence-electron chi connectivity index (χ0n) is 11.3. The van der Waals surface area contributed by atoms with E-state index in [4.69, 9.17) is 5.21 Å². The fourth-order valence-corrected chi connectivity index (χ4v) is 1.54. The Morgan fingerprint density at radius 2 is 1.83 bits per heavy atom. The zero-order valence-corrected chi connectivity index (χ0v) is 11.3. The van der Waals surface area contributed by atoms with Crippen molar-refractivity contribution in [3.8, 4) is 0 Å². The minimum atomic E-state index is -0.0237. The van der Waals surface area contributed by atoms with E-state index in [9.17, 15) is 4.79 Å². The molecule has 98 valence electrons. The average molecular weight is 248 g/mol. The summed E-state index contributed by atoms with van der Waals surface area (Å²) in [6.45, 7) is 7.79. The van der Waals surface area contributed by atoms with Crippen LogP contribution in [0.15, 0.2) is 29.4 Å². The van der Waals surface area contributed by atoms with Gasteiger partial charge in [0.05, 0.1) is 5.71 Å². The van der Waals surface area contributed by atoms with Crippen molar-refractivity contribution in [2.24, 2.45) is 10.6 Å². The van der Waals surface area contributed by atoms with Crippen molar-refractivity contribution in [2.45, 2.75) is 34.1 Å². The zero-order chi connectivity index (χ0) is 13.8. The molecule has 18 heavy (non-hydrogen) atoms. The molecule has 0 bridgehead atoms. The minimum Gasteiger partial charge on any atom is -0.411 e. The molecule has 4 heteroatoms. The van der Waals surface area contributed by atoms with Crippen molar-refractivity contribution < 1.29 is 10.0 Å². The Morgan fingerprint density at radius 3 is 2.28 bits per heavy atom. The maximum atomic E-state index is 11.7. The summed E-state index contributed by atoms with van der Waals surface area (Å²) in [5, 5.41) is 14.6. The first-order valence-electron chi connectivity index (χ1n) is 5.91. The SMILES string of the molecule is C/C(=N\O)c1ccc(NC(=O)CC(C)(C)C)cc1. The second kappa shape index (κ2) is 5.67. The Hall–Kier alpha value is -1.84. The monoisotopic (exact) mass is 248 g/mol. The average Bonchev–Trinajstić information content (AvgIpc) is 2.26. The minimum absolute atomic E-state index is 0.00259. The largest absolute Gasteiger partial charge is 0.411 e. The Morgan fingerprint density at radius 1 is 1.28 bits per heavy atom. The third-order valence-corrected chi connectivity index (χ3v) is 2.43. The van der Waals surface area contributed by atoms with Gasteiger partial charge in [-0.15, -0.1) is 0 Å². The van der Waals surface area contributed by atoms with Crippen LogP contribution in [0.3, 0.4) is 0 Å². The fraction of sp³-hybridized carbons (Fsp3) is 0.429. The third-order valence-electron chi connectivity index (χ3n) is 2.43. The lowest BCUT2D eigenvalue weighted by Crippen LogP contribution is -2.19. The highest BCUT2D eigenvalue weighted by Crippen LogP contribution is 2.19. The summed E-state index contributed by atoms with van der Waals surface area (Å²) in [6.07, 6.45) is 0.478. The molecule has 0 aromatic heterocycles. The molecule has 4 nitrogen and oxygen atoms in total. The Bertz CT molecular complexity index is 442. The summed E-state index contributed by atoms with van der Waals surface area (Å²) in [6, 6.07) is 7.21. The van der Waals surface area contributed by atoms with Gasteiger partial charge in [-0.05, 0) is 30.0 Å². The number of carbonyl (C=O) groups excluding carboxylic acids is 1. The van der Waals surface area contributed by atoms with Crippen LogP contribution in [0.25, 0.3) is 0 Å². The Labute approximate surface area is 108 Å². The molecule has 0 saturated heterocycles. The van der Waals surface area contributed by atoms with Gasteiger partial charge in [-0.2, -0.15) is 0 Å². The van der Waals surface area contributed by atoms with E-state index in [1.165, 1.54) is 0 Å². The van der Waals surface area contributed by atoms with Crippen LogP contribution in [0, 0.1) is 5.41 Å². The molecule has 0 heterocycles. The lowest BCUT2D eigenvalue weighted by molar-refractivity contribution is -0.117. The molecule has 0 fully saturated rings. The number of carbonyl (C=O) groups is 1. The molecule has 0 radical (unpaired) electrons. The van der Waals surface area contributed by atoms with E-state index in [1.54, 1.807) is 19.1 Å². The maximum absolute atomic E-state index is 11.7. The van der Waals surface area contributed by atoms with Gasteiger partial charge in [-0.25, -0.2) is 0 Å². The van der Waals surface area contributed by atoms with E-state index in [2.05, 4.69) is 10.5 Å². The van der Waals surface area contributed by atoms with Gasteiger partial charge in [-0.1, -0.05) is 38.1 Å². The smallest absolute Gasteiger partial charge is 0.224 e. The molecule has 0 saturated carbocycles. The first-order chi connectivity index (χ1) is 8.31. The molecule has 0 aliphatic heterocycles. The van der Waals surface area contributed by atoms with Gasteiger partial charge < -0.3 is 10.5 Å². The highest BCUT2D eigenvalue weighted by atomic mass is 16.4. The van der Waals surface area contributed by atoms with Crippen LogP contribution in [0.2, 0.25) is 0 Å². The van der Waals surface area contributed by atoms with E-state index < -0.39 is 0 Å². The molecule has 0 spiro atoms. The second-order valence-corrected chi connectivity index (χ2v) is 5.55. The summed E-state index contributed by atoms with van der Waals surface area (Å²) >= 11 is 0. The quantitative estimate of drug-likeness (QED) is 0.490. The highest BCUT2D eigenvalue weighted by molar-refractivity contribution is 5.99. The summed E-state index contributed by atoms with van der Waals surface area (Å²) in [5.41, 5.74) is 2.09. The molecule has 0 aliphatic carbocycles. The molecule has 1 aromatic carbocycles. The fourth-order valence-electron chi connectivity index (χ4n) is 1.54. The number of rotatable bonds is 3. The predicted octanol–water partition coefficient (Wildman–Crippen LogP) is 3.26. The van der Waals surface area contributed by atoms with Crippen LogP contribution in [0.4, 0.5) is 5.69 Å². The van der Waals surface area contributed by atoms with Crippen LogP contribution < -0.4 is 5.32 Å². The van der Waals surface area contributed by atoms with Gasteiger partial charge in [0.2, 0.25) is 5.91 Å². The summed E-state index contributed by atoms with van der Waals surface area (Å²) in [5.74, 6) is 0.00259. The van der Waals surface area contributed by atoms with Gasteiger partial charge >= 0.3 is 0 Å². The lowest BCUT2D eigenvalue weighted by atomic mass is 9.92. The molecule has 0 aliphatic rings. The van der Waals surface area contributed by atoms with Crippen molar-refractivity contribution in [3.05, 3.63) is 29.8 Å². The molecule has 1 amide bonds. The third kappa shape index (κ3) is 4.57. The van der Waals surface area contributed by atoms with Gasteiger partial charge in [-0.3, -0.25) is 4.79 Å². The molecule has 0 unspecified atom stereocenters. The topological polar surface area (TPSA) is 61.7 Å². The van der Waals surface area contributed by atoms with E-state index in [1.807, 2.05) is 32.9 Å². The van der Waals surface area contributed by atoms with Crippen LogP contribution in [0.5, 0.6) is 0 Å². The number of hydrogen-bond acceptors (Lipinski definition) is 3. The van der Waals surface area contributed by atoms with Crippen LogP contribution >= 0.6 is 0 Å². The molecule has 2 N–H and O–H groups in total. The van der Waals surface area contributed by atoms with Crippen LogP contribution in [0.1, 0.15) is 39.7 Å². The molecular weight excluding hydrogens is 228 g/mol. The second-order valence-electron chi connectivity index (χ2n) is 5.55. The summed E-state index contributed by atoms with van der Waals surface area (Å²) in [7, 11) is 0. The number of oxime groups is 1. The molecular formula is C14H20N2O2. The first-order valence-corrected chi connectivity index (χ1v) is 5.91. The van der Waals surface area contributed by atoms with Crippen molar-refractivity contribution in [1.82, 2.24) is 0 Å². The lowest BCUT2D eigenvalue weighted by Gasteiger charge is -2.17. The van der Waals surface area contributed by atoms with E-state index >= 15 is 0 Å². The van der Waals surface area contributed by atoms with Gasteiger partial charge in [0.15, 0.2) is 0 Å². The van der Waals surface area contributed by atoms with Gasteiger partial charge in [0, 0.05) is 12.1 Å². The van der Waals surface area contributed by atoms with Crippen molar-refractivity contribution in [2.75, 3.05) is 5.32 Å². The van der Waals surface area contributed by atoms with Gasteiger partial charge in [0.1, 0.15) is 0 Å². The molecule has 1 aromatic rings. The highest BCUT2D eigenvalue weighted by Gasteiger charge is 2.15. The Balaban J connectivity index is 2.67. The van der Waals surface area contributed by atoms with Crippen molar-refractivity contribution in [3.63, 3.8) is 0 Å². The number of nitrogens with one attached hydrogen (secondary N) is 1. The number of benzene rings is 1. The van der Waals surface area contributed by atoms with Gasteiger partial charge in [0.25, 0.3) is 0 Å². The van der Waals surface area contributed by atoms with E-state index in [-0.39, 0.29) is 11.3 Å². The van der Waals surface area contributed by atoms with E-state index in [0.717, 1.165) is 11.3 Å². The molecule has 1 rings (SSSR count). The first kappa shape index (κ1) is 14.2.